The molecule has 1 N–H and O–H groups in total. The molecule has 1 aromatic heterocycles. The predicted octanol–water partition coefficient (Wildman–Crippen LogP) is 1.55. The Balaban J connectivity index is 3.18. The van der Waals surface area contributed by atoms with Gasteiger partial charge in [0.1, 0.15) is 0 Å². The van der Waals surface area contributed by atoms with E-state index in [1.165, 1.54) is 0 Å². The lowest BCUT2D eigenvalue weighted by atomic mass is 10.2. The van der Waals surface area contributed by atoms with Crippen molar-refractivity contribution in [3.05, 3.63) is 30.0 Å². The molecule has 0 aliphatic heterocycles. The van der Waals surface area contributed by atoms with Gasteiger partial charge in [0, 0.05) is 11.8 Å². The van der Waals surface area contributed by atoms with E-state index in [2.05, 4.69) is 23.3 Å². The minimum absolute atomic E-state index is 0.0226. The second-order valence-corrected chi connectivity index (χ2v) is 2.28. The van der Waals surface area contributed by atoms with Crippen molar-refractivity contribution < 1.29 is 5.11 Å². The Bertz CT molecular complexity index is 307. The summed E-state index contributed by atoms with van der Waals surface area (Å²) in [5.74, 6) is 0.544. The molecule has 0 fully saturated rings. The van der Waals surface area contributed by atoms with Crippen LogP contribution in [0.1, 0.15) is 11.1 Å². The van der Waals surface area contributed by atoms with Crippen molar-refractivity contribution in [3.8, 4) is 0 Å². The summed E-state index contributed by atoms with van der Waals surface area (Å²) in [5, 5.41) is 8.80. The van der Waals surface area contributed by atoms with Crippen molar-refractivity contribution in [2.45, 2.75) is 6.61 Å². The number of nitrogens with zero attached hydrogens (tertiary/aromatic N) is 2. The summed E-state index contributed by atoms with van der Waals surface area (Å²) in [6.07, 6.45) is 3.20. The summed E-state index contributed by atoms with van der Waals surface area (Å²) in [4.78, 5) is 7.68. The maximum atomic E-state index is 8.80. The van der Waals surface area contributed by atoms with Crippen LogP contribution in [0.2, 0.25) is 0 Å². The van der Waals surface area contributed by atoms with Gasteiger partial charge in [0.05, 0.1) is 6.61 Å². The molecule has 0 bridgehead atoms. The van der Waals surface area contributed by atoms with Crippen molar-refractivity contribution in [1.82, 2.24) is 4.98 Å². The zero-order valence-corrected chi connectivity index (χ0v) is 6.70. The van der Waals surface area contributed by atoms with E-state index in [0.717, 1.165) is 11.1 Å². The number of aliphatic hydroxyl groups excluding tert-OH is 1. The van der Waals surface area contributed by atoms with Gasteiger partial charge < -0.3 is 5.11 Å². The fraction of sp³-hybridized carbons (Fsp3) is 0.111. The molecule has 1 rings (SSSR count). The molecule has 0 saturated heterocycles. The summed E-state index contributed by atoms with van der Waals surface area (Å²) in [5.41, 5.74) is 1.54. The topological polar surface area (TPSA) is 45.5 Å². The number of aliphatic imine (C=N–C) groups is 1. The maximum Gasteiger partial charge on any atom is 0.158 e. The molecule has 12 heavy (non-hydrogen) atoms. The molecule has 1 heterocycles. The molecule has 0 aromatic carbocycles. The highest BCUT2D eigenvalue weighted by Crippen LogP contribution is 2.17. The van der Waals surface area contributed by atoms with Crippen LogP contribution in [-0.2, 0) is 6.61 Å². The van der Waals surface area contributed by atoms with E-state index in [1.54, 1.807) is 18.3 Å². The van der Waals surface area contributed by atoms with Gasteiger partial charge >= 0.3 is 0 Å². The Morgan fingerprint density at radius 3 is 2.92 bits per heavy atom. The molecule has 62 valence electrons. The van der Waals surface area contributed by atoms with Gasteiger partial charge in [0.2, 0.25) is 0 Å². The van der Waals surface area contributed by atoms with E-state index < -0.39 is 0 Å². The summed E-state index contributed by atoms with van der Waals surface area (Å²) in [6, 6.07) is 1.78. The summed E-state index contributed by atoms with van der Waals surface area (Å²) in [7, 11) is 0. The normalized spacial score (nSPS) is 9.42. The third-order valence-electron chi connectivity index (χ3n) is 1.50. The molecule has 0 atom stereocenters. The Morgan fingerprint density at radius 2 is 2.42 bits per heavy atom. The molecule has 3 heteroatoms. The number of rotatable bonds is 3. The van der Waals surface area contributed by atoms with Crippen LogP contribution in [0.3, 0.4) is 0 Å². The first-order valence-electron chi connectivity index (χ1n) is 3.50. The van der Waals surface area contributed by atoms with Crippen molar-refractivity contribution in [3.63, 3.8) is 0 Å². The first-order chi connectivity index (χ1) is 5.81. The second kappa shape index (κ2) is 3.78. The molecule has 0 saturated carbocycles. The van der Waals surface area contributed by atoms with Crippen LogP contribution >= 0.6 is 0 Å². The molecule has 3 nitrogen and oxygen atoms in total. The van der Waals surface area contributed by atoms with Gasteiger partial charge in [-0.15, -0.1) is 0 Å². The third-order valence-corrected chi connectivity index (χ3v) is 1.50. The lowest BCUT2D eigenvalue weighted by molar-refractivity contribution is 0.281. The molecule has 0 aliphatic carbocycles. The zero-order chi connectivity index (χ0) is 8.97. The smallest absolute Gasteiger partial charge is 0.158 e. The van der Waals surface area contributed by atoms with Gasteiger partial charge in [-0.05, 0) is 18.3 Å². The molecule has 0 spiro atoms. The summed E-state index contributed by atoms with van der Waals surface area (Å²) >= 11 is 0. The largest absolute Gasteiger partial charge is 0.392 e. The van der Waals surface area contributed by atoms with Gasteiger partial charge in [-0.1, -0.05) is 12.7 Å². The van der Waals surface area contributed by atoms with E-state index in [-0.39, 0.29) is 6.61 Å². The first kappa shape index (κ1) is 8.62. The van der Waals surface area contributed by atoms with Crippen molar-refractivity contribution in [1.29, 1.82) is 0 Å². The standard InChI is InChI=1S/C9H10N2O/c1-3-8-4-7(6-12)5-11-9(8)10-2/h3-5,12H,1-2,6H2. The van der Waals surface area contributed by atoms with Crippen LogP contribution in [0, 0.1) is 0 Å². The minimum atomic E-state index is -0.0226. The van der Waals surface area contributed by atoms with Gasteiger partial charge in [0.25, 0.3) is 0 Å². The van der Waals surface area contributed by atoms with Gasteiger partial charge in [0.15, 0.2) is 5.82 Å². The molecular formula is C9H10N2O. The fourth-order valence-electron chi connectivity index (χ4n) is 0.889. The van der Waals surface area contributed by atoms with Crippen LogP contribution in [0.15, 0.2) is 23.8 Å². The van der Waals surface area contributed by atoms with Gasteiger partial charge in [-0.25, -0.2) is 9.98 Å². The van der Waals surface area contributed by atoms with Crippen LogP contribution in [0.25, 0.3) is 6.08 Å². The number of hydrogen-bond donors (Lipinski definition) is 1. The van der Waals surface area contributed by atoms with E-state index in [4.69, 9.17) is 5.11 Å². The lowest BCUT2D eigenvalue weighted by Gasteiger charge is -2.00. The van der Waals surface area contributed by atoms with Crippen LogP contribution < -0.4 is 0 Å². The fourth-order valence-corrected chi connectivity index (χ4v) is 0.889. The quantitative estimate of drug-likeness (QED) is 0.685. The van der Waals surface area contributed by atoms with E-state index >= 15 is 0 Å². The highest BCUT2D eigenvalue weighted by molar-refractivity contribution is 5.61. The third kappa shape index (κ3) is 1.57. The summed E-state index contributed by atoms with van der Waals surface area (Å²) < 4.78 is 0. The van der Waals surface area contributed by atoms with Gasteiger partial charge in [-0.2, -0.15) is 0 Å². The summed E-state index contributed by atoms with van der Waals surface area (Å²) in [6.45, 7) is 6.96. The minimum Gasteiger partial charge on any atom is -0.392 e. The Labute approximate surface area is 71.1 Å². The molecule has 0 amide bonds. The number of hydrogen-bond acceptors (Lipinski definition) is 3. The zero-order valence-electron chi connectivity index (χ0n) is 6.70. The second-order valence-electron chi connectivity index (χ2n) is 2.28. The van der Waals surface area contributed by atoms with Gasteiger partial charge in [-0.3, -0.25) is 0 Å². The van der Waals surface area contributed by atoms with E-state index in [9.17, 15) is 0 Å². The van der Waals surface area contributed by atoms with Crippen LogP contribution in [0.5, 0.6) is 0 Å². The number of pyridine rings is 1. The lowest BCUT2D eigenvalue weighted by Crippen LogP contribution is -1.87. The molecule has 1 aromatic rings. The SMILES string of the molecule is C=Cc1cc(CO)cnc1N=C. The monoisotopic (exact) mass is 162 g/mol. The Hall–Kier alpha value is -1.48. The first-order valence-corrected chi connectivity index (χ1v) is 3.50. The van der Waals surface area contributed by atoms with Crippen LogP contribution in [-0.4, -0.2) is 16.8 Å². The van der Waals surface area contributed by atoms with Crippen molar-refractivity contribution in [2.75, 3.05) is 0 Å². The highest BCUT2D eigenvalue weighted by Gasteiger charge is 1.99. The van der Waals surface area contributed by atoms with Crippen molar-refractivity contribution >= 4 is 18.6 Å². The average molecular weight is 162 g/mol. The predicted molar refractivity (Wildman–Crippen MR) is 49.5 cm³/mol. The van der Waals surface area contributed by atoms with E-state index in [0.29, 0.717) is 5.82 Å². The van der Waals surface area contributed by atoms with Crippen molar-refractivity contribution in [2.24, 2.45) is 4.99 Å². The molecule has 0 aliphatic rings. The molecular weight excluding hydrogens is 152 g/mol. The van der Waals surface area contributed by atoms with Crippen LogP contribution in [0.4, 0.5) is 5.82 Å². The molecule has 0 unspecified atom stereocenters. The Morgan fingerprint density at radius 1 is 1.67 bits per heavy atom. The highest BCUT2D eigenvalue weighted by atomic mass is 16.3. The van der Waals surface area contributed by atoms with E-state index in [1.807, 2.05) is 0 Å². The molecule has 0 radical (unpaired) electrons. The number of aliphatic hydroxyl groups is 1. The average Bonchev–Trinajstić information content (AvgIpc) is 2.16. The number of aromatic nitrogens is 1. The Kier molecular flexibility index (Phi) is 2.71. The maximum absolute atomic E-state index is 8.80.